The van der Waals surface area contributed by atoms with Gasteiger partial charge in [-0.05, 0) is 43.2 Å². The van der Waals surface area contributed by atoms with Gasteiger partial charge in [0.1, 0.15) is 0 Å². The summed E-state index contributed by atoms with van der Waals surface area (Å²) < 4.78 is 0. The average Bonchev–Trinajstić information content (AvgIpc) is 3.17. The molecule has 0 aromatic heterocycles. The zero-order chi connectivity index (χ0) is 20.1. The van der Waals surface area contributed by atoms with Gasteiger partial charge in [-0.1, -0.05) is 44.2 Å². The molecular weight excluding hydrogens is 350 g/mol. The number of carbonyl (C=O) groups is 2. The maximum Gasteiger partial charge on any atom is 0.251 e. The van der Waals surface area contributed by atoms with E-state index in [-0.39, 0.29) is 23.8 Å². The van der Waals surface area contributed by atoms with Gasteiger partial charge in [-0.3, -0.25) is 14.5 Å². The Kier molecular flexibility index (Phi) is 6.47. The topological polar surface area (TPSA) is 61.4 Å². The number of nitrogens with zero attached hydrogens (tertiary/aromatic N) is 1. The Balaban J connectivity index is 1.53. The van der Waals surface area contributed by atoms with Crippen molar-refractivity contribution in [3.63, 3.8) is 0 Å². The van der Waals surface area contributed by atoms with Crippen molar-refractivity contribution >= 4 is 17.5 Å². The number of benzene rings is 2. The minimum absolute atomic E-state index is 0.0317. The third kappa shape index (κ3) is 4.98. The standard InChI is InChI=1S/C23H29N3O2/c1-16(2)22(27)24-20-11-9-19(10-12-20)23(28)25-21-13-14-26(15-21)17(3)18-7-5-4-6-8-18/h4-12,16-17,21H,13-15H2,1-3H3,(H,24,27)(H,25,28). The SMILES string of the molecule is CC(C)C(=O)Nc1ccc(C(=O)NC2CCN(C(C)c3ccccc3)C2)cc1. The summed E-state index contributed by atoms with van der Waals surface area (Å²) in [5, 5.41) is 5.98. The first-order valence-electron chi connectivity index (χ1n) is 9.95. The lowest BCUT2D eigenvalue weighted by atomic mass is 10.1. The Morgan fingerprint density at radius 3 is 2.32 bits per heavy atom. The fourth-order valence-corrected chi connectivity index (χ4v) is 3.46. The summed E-state index contributed by atoms with van der Waals surface area (Å²) in [5.41, 5.74) is 2.62. The highest BCUT2D eigenvalue weighted by molar-refractivity contribution is 5.96. The van der Waals surface area contributed by atoms with Crippen molar-refractivity contribution in [3.8, 4) is 0 Å². The van der Waals surface area contributed by atoms with E-state index >= 15 is 0 Å². The number of hydrogen-bond donors (Lipinski definition) is 2. The van der Waals surface area contributed by atoms with Crippen LogP contribution < -0.4 is 10.6 Å². The van der Waals surface area contributed by atoms with Gasteiger partial charge in [0.05, 0.1) is 0 Å². The van der Waals surface area contributed by atoms with Crippen molar-refractivity contribution < 1.29 is 9.59 Å². The molecule has 1 fully saturated rings. The van der Waals surface area contributed by atoms with E-state index in [2.05, 4.69) is 46.7 Å². The van der Waals surface area contributed by atoms with Crippen LogP contribution in [-0.4, -0.2) is 35.8 Å². The quantitative estimate of drug-likeness (QED) is 0.801. The van der Waals surface area contributed by atoms with Crippen molar-refractivity contribution in [2.45, 2.75) is 39.3 Å². The summed E-state index contributed by atoms with van der Waals surface area (Å²) in [5.74, 6) is -0.178. The Morgan fingerprint density at radius 1 is 1.00 bits per heavy atom. The number of amides is 2. The van der Waals surface area contributed by atoms with Crippen LogP contribution in [0.4, 0.5) is 5.69 Å². The molecule has 5 heteroatoms. The molecule has 1 heterocycles. The van der Waals surface area contributed by atoms with Crippen LogP contribution in [-0.2, 0) is 4.79 Å². The molecule has 2 atom stereocenters. The van der Waals surface area contributed by atoms with Crippen molar-refractivity contribution in [2.24, 2.45) is 5.92 Å². The third-order valence-electron chi connectivity index (χ3n) is 5.32. The van der Waals surface area contributed by atoms with Crippen LogP contribution in [0.1, 0.15) is 49.2 Å². The molecule has 1 aliphatic heterocycles. The second-order valence-electron chi connectivity index (χ2n) is 7.76. The van der Waals surface area contributed by atoms with Gasteiger partial charge in [-0.25, -0.2) is 0 Å². The molecule has 0 aliphatic carbocycles. The molecule has 2 N–H and O–H groups in total. The van der Waals surface area contributed by atoms with E-state index < -0.39 is 0 Å². The smallest absolute Gasteiger partial charge is 0.251 e. The van der Waals surface area contributed by atoms with E-state index in [1.165, 1.54) is 5.56 Å². The molecule has 148 valence electrons. The van der Waals surface area contributed by atoms with E-state index in [1.54, 1.807) is 24.3 Å². The summed E-state index contributed by atoms with van der Waals surface area (Å²) >= 11 is 0. The first-order valence-corrected chi connectivity index (χ1v) is 9.95. The monoisotopic (exact) mass is 379 g/mol. The zero-order valence-corrected chi connectivity index (χ0v) is 16.8. The molecule has 2 aromatic rings. The van der Waals surface area contributed by atoms with E-state index in [0.29, 0.717) is 17.3 Å². The second kappa shape index (κ2) is 9.02. The predicted molar refractivity (Wildman–Crippen MR) is 112 cm³/mol. The number of nitrogens with one attached hydrogen (secondary N) is 2. The van der Waals surface area contributed by atoms with Crippen molar-refractivity contribution in [2.75, 3.05) is 18.4 Å². The number of likely N-dealkylation sites (tertiary alicyclic amines) is 1. The van der Waals surface area contributed by atoms with Gasteiger partial charge < -0.3 is 10.6 Å². The number of carbonyl (C=O) groups excluding carboxylic acids is 2. The summed E-state index contributed by atoms with van der Waals surface area (Å²) in [6.45, 7) is 7.73. The van der Waals surface area contributed by atoms with Gasteiger partial charge in [0, 0.05) is 42.3 Å². The van der Waals surface area contributed by atoms with Gasteiger partial charge in [0.2, 0.25) is 5.91 Å². The first kappa shape index (κ1) is 20.1. The molecule has 1 saturated heterocycles. The average molecular weight is 380 g/mol. The molecule has 2 unspecified atom stereocenters. The molecule has 0 saturated carbocycles. The van der Waals surface area contributed by atoms with Gasteiger partial charge >= 0.3 is 0 Å². The minimum Gasteiger partial charge on any atom is -0.348 e. The maximum absolute atomic E-state index is 12.6. The van der Waals surface area contributed by atoms with Crippen molar-refractivity contribution in [1.29, 1.82) is 0 Å². The lowest BCUT2D eigenvalue weighted by molar-refractivity contribution is -0.118. The minimum atomic E-state index is -0.0773. The summed E-state index contributed by atoms with van der Waals surface area (Å²) in [6, 6.07) is 18.0. The first-order chi connectivity index (χ1) is 13.4. The van der Waals surface area contributed by atoms with Gasteiger partial charge in [-0.15, -0.1) is 0 Å². The Bertz CT molecular complexity index is 802. The molecule has 1 aliphatic rings. The van der Waals surface area contributed by atoms with Crippen LogP contribution in [0.15, 0.2) is 54.6 Å². The number of hydrogen-bond acceptors (Lipinski definition) is 3. The normalized spacial score (nSPS) is 18.1. The summed E-state index contributed by atoms with van der Waals surface area (Å²) in [6.07, 6.45) is 0.950. The number of rotatable bonds is 6. The van der Waals surface area contributed by atoms with Gasteiger partial charge in [0.15, 0.2) is 0 Å². The van der Waals surface area contributed by atoms with Crippen LogP contribution in [0.5, 0.6) is 0 Å². The zero-order valence-electron chi connectivity index (χ0n) is 16.8. The molecule has 0 spiro atoms. The summed E-state index contributed by atoms with van der Waals surface area (Å²) in [7, 11) is 0. The second-order valence-corrected chi connectivity index (χ2v) is 7.76. The fourth-order valence-electron chi connectivity index (χ4n) is 3.46. The van der Waals surface area contributed by atoms with Gasteiger partial charge in [-0.2, -0.15) is 0 Å². The number of anilines is 1. The van der Waals surface area contributed by atoms with E-state index in [0.717, 1.165) is 19.5 Å². The highest BCUT2D eigenvalue weighted by atomic mass is 16.2. The van der Waals surface area contributed by atoms with E-state index in [4.69, 9.17) is 0 Å². The van der Waals surface area contributed by atoms with Crippen LogP contribution >= 0.6 is 0 Å². The lowest BCUT2D eigenvalue weighted by Gasteiger charge is -2.24. The highest BCUT2D eigenvalue weighted by Crippen LogP contribution is 2.24. The molecule has 0 bridgehead atoms. The van der Waals surface area contributed by atoms with Crippen molar-refractivity contribution in [3.05, 3.63) is 65.7 Å². The Labute approximate surface area is 167 Å². The molecule has 2 aromatic carbocycles. The van der Waals surface area contributed by atoms with Crippen LogP contribution in [0.3, 0.4) is 0 Å². The molecule has 5 nitrogen and oxygen atoms in total. The lowest BCUT2D eigenvalue weighted by Crippen LogP contribution is -2.37. The van der Waals surface area contributed by atoms with Crippen LogP contribution in [0, 0.1) is 5.92 Å². The van der Waals surface area contributed by atoms with E-state index in [9.17, 15) is 9.59 Å². The molecule has 3 rings (SSSR count). The third-order valence-corrected chi connectivity index (χ3v) is 5.32. The fraction of sp³-hybridized carbons (Fsp3) is 0.391. The van der Waals surface area contributed by atoms with Gasteiger partial charge in [0.25, 0.3) is 5.91 Å². The Morgan fingerprint density at radius 2 is 1.68 bits per heavy atom. The van der Waals surface area contributed by atoms with E-state index in [1.807, 2.05) is 19.9 Å². The van der Waals surface area contributed by atoms with Crippen LogP contribution in [0.2, 0.25) is 0 Å². The van der Waals surface area contributed by atoms with Crippen LogP contribution in [0.25, 0.3) is 0 Å². The molecule has 28 heavy (non-hydrogen) atoms. The summed E-state index contributed by atoms with van der Waals surface area (Å²) in [4.78, 5) is 26.7. The molecule has 0 radical (unpaired) electrons. The van der Waals surface area contributed by atoms with Crippen molar-refractivity contribution in [1.82, 2.24) is 10.2 Å². The molecular formula is C23H29N3O2. The maximum atomic E-state index is 12.6. The Hall–Kier alpha value is -2.66. The molecule has 2 amide bonds. The highest BCUT2D eigenvalue weighted by Gasteiger charge is 2.27. The largest absolute Gasteiger partial charge is 0.348 e. The predicted octanol–water partition coefficient (Wildman–Crippen LogP) is 3.85.